The molecular formula is C19H16FN3O6S. The number of pyridine rings is 1. The molecule has 0 radical (unpaired) electrons. The molecule has 0 bridgehead atoms. The summed E-state index contributed by atoms with van der Waals surface area (Å²) in [6, 6.07) is 11.9. The lowest BCUT2D eigenvalue weighted by molar-refractivity contribution is -0.385. The van der Waals surface area contributed by atoms with Crippen molar-refractivity contribution in [1.29, 1.82) is 0 Å². The van der Waals surface area contributed by atoms with Gasteiger partial charge in [0.05, 0.1) is 12.0 Å². The second kappa shape index (κ2) is 8.84. The minimum atomic E-state index is -4.10. The molecule has 9 nitrogen and oxygen atoms in total. The summed E-state index contributed by atoms with van der Waals surface area (Å²) >= 11 is 0. The number of hydrogen-bond donors (Lipinski definition) is 1. The van der Waals surface area contributed by atoms with Crippen molar-refractivity contribution in [1.82, 2.24) is 9.71 Å². The highest BCUT2D eigenvalue weighted by molar-refractivity contribution is 7.89. The monoisotopic (exact) mass is 433 g/mol. The molecular weight excluding hydrogens is 417 g/mol. The number of methoxy groups -OCH3 is 1. The van der Waals surface area contributed by atoms with Crippen molar-refractivity contribution in [3.05, 3.63) is 82.3 Å². The number of sulfonamides is 1. The Kier molecular flexibility index (Phi) is 6.23. The summed E-state index contributed by atoms with van der Waals surface area (Å²) in [6.07, 6.45) is 1.39. The maximum atomic E-state index is 13.2. The molecule has 0 saturated carbocycles. The highest BCUT2D eigenvalue weighted by Gasteiger charge is 2.23. The van der Waals surface area contributed by atoms with Crippen molar-refractivity contribution in [2.45, 2.75) is 11.4 Å². The standard InChI is InChI=1S/C19H16FN3O6S/c1-28-17-7-6-15(23(24)25)10-18(17)30(26,27)22-12-13-5-8-19(21-11-13)29-16-4-2-3-14(20)9-16/h2-11,22H,12H2,1H3. The van der Waals surface area contributed by atoms with E-state index in [1.165, 1.54) is 43.6 Å². The topological polar surface area (TPSA) is 121 Å². The minimum Gasteiger partial charge on any atom is -0.495 e. The first-order chi connectivity index (χ1) is 14.3. The van der Waals surface area contributed by atoms with E-state index in [1.54, 1.807) is 12.1 Å². The van der Waals surface area contributed by atoms with Crippen LogP contribution in [-0.4, -0.2) is 25.4 Å². The first-order valence-corrected chi connectivity index (χ1v) is 9.97. The van der Waals surface area contributed by atoms with Gasteiger partial charge in [0.1, 0.15) is 22.2 Å². The Labute approximate surface area is 171 Å². The van der Waals surface area contributed by atoms with Crippen LogP contribution < -0.4 is 14.2 Å². The molecule has 3 aromatic rings. The van der Waals surface area contributed by atoms with Crippen molar-refractivity contribution in [2.75, 3.05) is 7.11 Å². The molecule has 156 valence electrons. The second-order valence-electron chi connectivity index (χ2n) is 5.98. The van der Waals surface area contributed by atoms with Crippen LogP contribution in [0, 0.1) is 15.9 Å². The minimum absolute atomic E-state index is 0.0231. The molecule has 1 N–H and O–H groups in total. The predicted molar refractivity (Wildman–Crippen MR) is 104 cm³/mol. The fraction of sp³-hybridized carbons (Fsp3) is 0.105. The molecule has 0 saturated heterocycles. The van der Waals surface area contributed by atoms with Gasteiger partial charge >= 0.3 is 0 Å². The van der Waals surface area contributed by atoms with E-state index < -0.39 is 20.8 Å². The third-order valence-corrected chi connectivity index (χ3v) is 5.35. The van der Waals surface area contributed by atoms with Gasteiger partial charge in [0.15, 0.2) is 0 Å². The molecule has 0 spiro atoms. The Morgan fingerprint density at radius 3 is 2.60 bits per heavy atom. The van der Waals surface area contributed by atoms with Crippen LogP contribution in [0.1, 0.15) is 5.56 Å². The largest absolute Gasteiger partial charge is 0.495 e. The summed E-state index contributed by atoms with van der Waals surface area (Å²) < 4.78 is 51.2. The van der Waals surface area contributed by atoms with E-state index in [2.05, 4.69) is 9.71 Å². The molecule has 0 atom stereocenters. The van der Waals surface area contributed by atoms with Crippen LogP contribution in [0.2, 0.25) is 0 Å². The Balaban J connectivity index is 1.72. The summed E-state index contributed by atoms with van der Waals surface area (Å²) in [4.78, 5) is 14.0. The zero-order valence-corrected chi connectivity index (χ0v) is 16.4. The van der Waals surface area contributed by atoms with Gasteiger partial charge in [-0.25, -0.2) is 22.5 Å². The smallest absolute Gasteiger partial charge is 0.271 e. The number of ether oxygens (including phenoxy) is 2. The van der Waals surface area contributed by atoms with E-state index in [1.807, 2.05) is 0 Å². The van der Waals surface area contributed by atoms with Gasteiger partial charge in [-0.3, -0.25) is 10.1 Å². The third kappa shape index (κ3) is 5.07. The van der Waals surface area contributed by atoms with E-state index in [0.717, 1.165) is 12.1 Å². The summed E-state index contributed by atoms with van der Waals surface area (Å²) in [7, 11) is -2.84. The fourth-order valence-corrected chi connectivity index (χ4v) is 3.68. The number of nitro groups is 1. The Bertz CT molecular complexity index is 1170. The Hall–Kier alpha value is -3.57. The number of rotatable bonds is 8. The molecule has 1 aromatic heterocycles. The zero-order chi connectivity index (χ0) is 21.7. The summed E-state index contributed by atoms with van der Waals surface area (Å²) in [5.41, 5.74) is 0.131. The number of nitro benzene ring substituents is 1. The van der Waals surface area contributed by atoms with E-state index >= 15 is 0 Å². The molecule has 0 aliphatic rings. The normalized spacial score (nSPS) is 11.1. The van der Waals surface area contributed by atoms with Crippen LogP contribution >= 0.6 is 0 Å². The van der Waals surface area contributed by atoms with E-state index in [4.69, 9.17) is 9.47 Å². The lowest BCUT2D eigenvalue weighted by Gasteiger charge is -2.11. The Morgan fingerprint density at radius 1 is 1.17 bits per heavy atom. The lowest BCUT2D eigenvalue weighted by atomic mass is 10.3. The molecule has 11 heteroatoms. The average Bonchev–Trinajstić information content (AvgIpc) is 2.73. The molecule has 0 aliphatic heterocycles. The molecule has 0 aliphatic carbocycles. The van der Waals surface area contributed by atoms with E-state index in [0.29, 0.717) is 5.56 Å². The van der Waals surface area contributed by atoms with Crippen LogP contribution in [0.15, 0.2) is 65.7 Å². The van der Waals surface area contributed by atoms with Gasteiger partial charge in [0.25, 0.3) is 5.69 Å². The van der Waals surface area contributed by atoms with Gasteiger partial charge in [-0.05, 0) is 23.8 Å². The molecule has 1 heterocycles. The first kappa shape index (κ1) is 21.1. The molecule has 0 fully saturated rings. The maximum absolute atomic E-state index is 13.2. The molecule has 0 unspecified atom stereocenters. The molecule has 30 heavy (non-hydrogen) atoms. The maximum Gasteiger partial charge on any atom is 0.271 e. The molecule has 3 rings (SSSR count). The molecule has 0 amide bonds. The first-order valence-electron chi connectivity index (χ1n) is 8.49. The number of hydrogen-bond acceptors (Lipinski definition) is 7. The summed E-state index contributed by atoms with van der Waals surface area (Å²) in [6.45, 7) is -0.124. The summed E-state index contributed by atoms with van der Waals surface area (Å²) in [5.74, 6) is 0.00134. The predicted octanol–water partition coefficient (Wildman–Crippen LogP) is 3.41. The van der Waals surface area contributed by atoms with Gasteiger partial charge in [0, 0.05) is 37.0 Å². The number of halogens is 1. The number of benzene rings is 2. The average molecular weight is 433 g/mol. The van der Waals surface area contributed by atoms with Crippen LogP contribution in [0.5, 0.6) is 17.4 Å². The van der Waals surface area contributed by atoms with Crippen molar-refractivity contribution < 1.29 is 27.2 Å². The number of aromatic nitrogens is 1. The van der Waals surface area contributed by atoms with Crippen molar-refractivity contribution in [3.63, 3.8) is 0 Å². The number of non-ortho nitro benzene ring substituents is 1. The summed E-state index contributed by atoms with van der Waals surface area (Å²) in [5, 5.41) is 10.9. The van der Waals surface area contributed by atoms with E-state index in [9.17, 15) is 22.9 Å². The van der Waals surface area contributed by atoms with Crippen LogP contribution in [0.4, 0.5) is 10.1 Å². The molecule has 2 aromatic carbocycles. The van der Waals surface area contributed by atoms with E-state index in [-0.39, 0.29) is 34.5 Å². The highest BCUT2D eigenvalue weighted by Crippen LogP contribution is 2.28. The quantitative estimate of drug-likeness (QED) is 0.427. The number of nitrogens with zero attached hydrogens (tertiary/aromatic N) is 2. The SMILES string of the molecule is COc1ccc([N+](=O)[O-])cc1S(=O)(=O)NCc1ccc(Oc2cccc(F)c2)nc1. The van der Waals surface area contributed by atoms with Crippen LogP contribution in [-0.2, 0) is 16.6 Å². The van der Waals surface area contributed by atoms with Crippen molar-refractivity contribution >= 4 is 15.7 Å². The third-order valence-electron chi connectivity index (χ3n) is 3.93. The van der Waals surface area contributed by atoms with Gasteiger partial charge in [-0.1, -0.05) is 12.1 Å². The van der Waals surface area contributed by atoms with Gasteiger partial charge in [-0.2, -0.15) is 0 Å². The van der Waals surface area contributed by atoms with Gasteiger partial charge in [-0.15, -0.1) is 0 Å². The van der Waals surface area contributed by atoms with Crippen LogP contribution in [0.25, 0.3) is 0 Å². The van der Waals surface area contributed by atoms with Crippen molar-refractivity contribution in [2.24, 2.45) is 0 Å². The highest BCUT2D eigenvalue weighted by atomic mass is 32.2. The fourth-order valence-electron chi connectivity index (χ4n) is 2.47. The Morgan fingerprint density at radius 2 is 1.97 bits per heavy atom. The van der Waals surface area contributed by atoms with Crippen LogP contribution in [0.3, 0.4) is 0 Å². The number of nitrogens with one attached hydrogen (secondary N) is 1. The second-order valence-corrected chi connectivity index (χ2v) is 7.72. The van der Waals surface area contributed by atoms with Gasteiger partial charge in [0.2, 0.25) is 15.9 Å². The lowest BCUT2D eigenvalue weighted by Crippen LogP contribution is -2.24. The van der Waals surface area contributed by atoms with Crippen molar-refractivity contribution in [3.8, 4) is 17.4 Å². The van der Waals surface area contributed by atoms with Gasteiger partial charge < -0.3 is 9.47 Å². The zero-order valence-electron chi connectivity index (χ0n) is 15.6.